The molecule has 1 aliphatic carbocycles. The van der Waals surface area contributed by atoms with Crippen LogP contribution < -0.4 is 5.32 Å². The Morgan fingerprint density at radius 1 is 1.32 bits per heavy atom. The van der Waals surface area contributed by atoms with Crippen molar-refractivity contribution in [3.8, 4) is 0 Å². The minimum absolute atomic E-state index is 0.0000255. The highest BCUT2D eigenvalue weighted by molar-refractivity contribution is 7.15. The summed E-state index contributed by atoms with van der Waals surface area (Å²) in [4.78, 5) is 0. The van der Waals surface area contributed by atoms with Gasteiger partial charge in [-0.15, -0.1) is 10.2 Å². The van der Waals surface area contributed by atoms with E-state index in [4.69, 9.17) is 11.6 Å². The quantitative estimate of drug-likeness (QED) is 0.889. The van der Waals surface area contributed by atoms with Crippen LogP contribution in [0.4, 0.5) is 5.13 Å². The van der Waals surface area contributed by atoms with E-state index in [1.54, 1.807) is 11.3 Å². The van der Waals surface area contributed by atoms with E-state index in [0.29, 0.717) is 10.9 Å². The number of hydrogen-bond donors (Lipinski definition) is 2. The van der Waals surface area contributed by atoms with E-state index in [-0.39, 0.29) is 12.6 Å². The molecule has 0 saturated heterocycles. The molecule has 6 heteroatoms. The highest BCUT2D eigenvalue weighted by atomic mass is 35.5. The van der Waals surface area contributed by atoms with E-state index in [9.17, 15) is 5.11 Å². The van der Waals surface area contributed by atoms with Gasteiger partial charge in [-0.3, -0.25) is 0 Å². The number of aromatic nitrogens is 2. The van der Waals surface area contributed by atoms with Crippen LogP contribution in [0.2, 0.25) is 5.02 Å². The molecule has 1 atom stereocenters. The molecule has 1 heterocycles. The Hall–Kier alpha value is -1.17. The van der Waals surface area contributed by atoms with Crippen LogP contribution in [0.3, 0.4) is 0 Å². The van der Waals surface area contributed by atoms with Gasteiger partial charge in [-0.05, 0) is 30.5 Å². The summed E-state index contributed by atoms with van der Waals surface area (Å²) in [5.41, 5.74) is 0.982. The SMILES string of the molecule is OCC(Nc1nnc(C2CC2)s1)c1ccc(Cl)cc1. The number of anilines is 1. The highest BCUT2D eigenvalue weighted by Crippen LogP contribution is 2.42. The molecule has 0 bridgehead atoms. The number of nitrogens with zero attached hydrogens (tertiary/aromatic N) is 2. The first-order chi connectivity index (χ1) is 9.26. The maximum atomic E-state index is 9.50. The number of rotatable bonds is 5. The van der Waals surface area contributed by atoms with Crippen LogP contribution in [0.5, 0.6) is 0 Å². The van der Waals surface area contributed by atoms with Gasteiger partial charge >= 0.3 is 0 Å². The van der Waals surface area contributed by atoms with Crippen molar-refractivity contribution in [2.45, 2.75) is 24.8 Å². The Bertz CT molecular complexity index is 553. The summed E-state index contributed by atoms with van der Waals surface area (Å²) in [5.74, 6) is 0.608. The van der Waals surface area contributed by atoms with Crippen LogP contribution in [-0.4, -0.2) is 21.9 Å². The average molecular weight is 296 g/mol. The van der Waals surface area contributed by atoms with Gasteiger partial charge in [0.25, 0.3) is 0 Å². The summed E-state index contributed by atoms with van der Waals surface area (Å²) in [6, 6.07) is 7.25. The molecule has 0 spiro atoms. The van der Waals surface area contributed by atoms with Crippen molar-refractivity contribution in [1.82, 2.24) is 10.2 Å². The van der Waals surface area contributed by atoms with Crippen LogP contribution in [0.15, 0.2) is 24.3 Å². The van der Waals surface area contributed by atoms with Crippen LogP contribution in [0.1, 0.15) is 35.4 Å². The fourth-order valence-electron chi connectivity index (χ4n) is 1.87. The summed E-state index contributed by atoms with van der Waals surface area (Å²) < 4.78 is 0. The number of nitrogens with one attached hydrogen (secondary N) is 1. The molecule has 2 aromatic rings. The minimum Gasteiger partial charge on any atom is -0.394 e. The molecule has 1 aliphatic rings. The van der Waals surface area contributed by atoms with Crippen LogP contribution in [-0.2, 0) is 0 Å². The summed E-state index contributed by atoms with van der Waals surface area (Å²) >= 11 is 7.44. The van der Waals surface area contributed by atoms with Crippen LogP contribution in [0.25, 0.3) is 0 Å². The third-order valence-electron chi connectivity index (χ3n) is 3.12. The van der Waals surface area contributed by atoms with Gasteiger partial charge in [0.05, 0.1) is 12.6 Å². The second-order valence-electron chi connectivity index (χ2n) is 4.65. The molecular formula is C13H14ClN3OS. The monoisotopic (exact) mass is 295 g/mol. The van der Waals surface area contributed by atoms with E-state index in [2.05, 4.69) is 15.5 Å². The molecule has 1 saturated carbocycles. The molecule has 2 N–H and O–H groups in total. The maximum Gasteiger partial charge on any atom is 0.206 e. The third-order valence-corrected chi connectivity index (χ3v) is 4.39. The highest BCUT2D eigenvalue weighted by Gasteiger charge is 2.27. The zero-order valence-electron chi connectivity index (χ0n) is 10.2. The summed E-state index contributed by atoms with van der Waals surface area (Å²) in [6.45, 7) is -0.0000255. The number of halogens is 1. The topological polar surface area (TPSA) is 58.0 Å². The standard InChI is InChI=1S/C13H14ClN3OS/c14-10-5-3-8(4-6-10)11(7-18)15-13-17-16-12(19-13)9-1-2-9/h3-6,9,11,18H,1-2,7H2,(H,15,17). The minimum atomic E-state index is -0.183. The van der Waals surface area contributed by atoms with E-state index in [0.717, 1.165) is 15.7 Å². The zero-order chi connectivity index (χ0) is 13.2. The molecule has 1 aromatic heterocycles. The Kier molecular flexibility index (Phi) is 3.68. The average Bonchev–Trinajstić information content (AvgIpc) is 3.17. The van der Waals surface area contributed by atoms with Gasteiger partial charge in [0.2, 0.25) is 5.13 Å². The van der Waals surface area contributed by atoms with Crippen molar-refractivity contribution >= 4 is 28.1 Å². The maximum absolute atomic E-state index is 9.50. The fraction of sp³-hybridized carbons (Fsp3) is 0.385. The van der Waals surface area contributed by atoms with Gasteiger partial charge < -0.3 is 10.4 Å². The summed E-state index contributed by atoms with van der Waals surface area (Å²) in [6.07, 6.45) is 2.44. The van der Waals surface area contributed by atoms with Crippen molar-refractivity contribution in [1.29, 1.82) is 0 Å². The first kappa shape index (κ1) is 12.8. The lowest BCUT2D eigenvalue weighted by atomic mass is 10.1. The fourth-order valence-corrected chi connectivity index (χ4v) is 2.96. The molecule has 100 valence electrons. The first-order valence-electron chi connectivity index (χ1n) is 6.22. The second kappa shape index (κ2) is 5.45. The third kappa shape index (κ3) is 3.05. The second-order valence-corrected chi connectivity index (χ2v) is 6.10. The molecule has 19 heavy (non-hydrogen) atoms. The lowest BCUT2D eigenvalue weighted by molar-refractivity contribution is 0.276. The normalized spacial score (nSPS) is 16.3. The molecular weight excluding hydrogens is 282 g/mol. The molecule has 1 aromatic carbocycles. The smallest absolute Gasteiger partial charge is 0.206 e. The molecule has 0 amide bonds. The zero-order valence-corrected chi connectivity index (χ0v) is 11.8. The van der Waals surface area contributed by atoms with Crippen LogP contribution >= 0.6 is 22.9 Å². The van der Waals surface area contributed by atoms with Gasteiger partial charge in [-0.25, -0.2) is 0 Å². The Morgan fingerprint density at radius 3 is 2.68 bits per heavy atom. The number of benzene rings is 1. The van der Waals surface area contributed by atoms with E-state index in [1.807, 2.05) is 24.3 Å². The number of hydrogen-bond acceptors (Lipinski definition) is 5. The van der Waals surface area contributed by atoms with Gasteiger partial charge in [0.1, 0.15) is 5.01 Å². The largest absolute Gasteiger partial charge is 0.394 e. The predicted octanol–water partition coefficient (Wildman–Crippen LogP) is 3.21. The molecule has 4 nitrogen and oxygen atoms in total. The number of aliphatic hydroxyl groups excluding tert-OH is 1. The number of aliphatic hydroxyl groups is 1. The van der Waals surface area contributed by atoms with E-state index in [1.165, 1.54) is 12.8 Å². The Labute approximate surface area is 120 Å². The lowest BCUT2D eigenvalue weighted by Crippen LogP contribution is -2.14. The molecule has 1 unspecified atom stereocenters. The van der Waals surface area contributed by atoms with Gasteiger partial charge in [0, 0.05) is 10.9 Å². The van der Waals surface area contributed by atoms with Crippen molar-refractivity contribution in [3.63, 3.8) is 0 Å². The van der Waals surface area contributed by atoms with E-state index < -0.39 is 0 Å². The predicted molar refractivity (Wildman–Crippen MR) is 76.8 cm³/mol. The summed E-state index contributed by atoms with van der Waals surface area (Å²) in [5, 5.41) is 23.6. The van der Waals surface area contributed by atoms with Crippen molar-refractivity contribution in [2.24, 2.45) is 0 Å². The van der Waals surface area contributed by atoms with Crippen LogP contribution in [0, 0.1) is 0 Å². The summed E-state index contributed by atoms with van der Waals surface area (Å²) in [7, 11) is 0. The lowest BCUT2D eigenvalue weighted by Gasteiger charge is -2.15. The Balaban J connectivity index is 1.72. The Morgan fingerprint density at radius 2 is 2.05 bits per heavy atom. The van der Waals surface area contributed by atoms with Gasteiger partial charge in [-0.1, -0.05) is 35.1 Å². The first-order valence-corrected chi connectivity index (χ1v) is 7.42. The molecule has 3 rings (SSSR count). The van der Waals surface area contributed by atoms with Crippen molar-refractivity contribution in [2.75, 3.05) is 11.9 Å². The molecule has 1 fully saturated rings. The van der Waals surface area contributed by atoms with Crippen molar-refractivity contribution in [3.05, 3.63) is 39.9 Å². The van der Waals surface area contributed by atoms with E-state index >= 15 is 0 Å². The molecule has 0 radical (unpaired) electrons. The van der Waals surface area contributed by atoms with Gasteiger partial charge in [0.15, 0.2) is 0 Å². The van der Waals surface area contributed by atoms with Crippen molar-refractivity contribution < 1.29 is 5.11 Å². The molecule has 0 aliphatic heterocycles. The van der Waals surface area contributed by atoms with Gasteiger partial charge in [-0.2, -0.15) is 0 Å².